The van der Waals surface area contributed by atoms with Gasteiger partial charge in [-0.25, -0.2) is 4.98 Å². The van der Waals surface area contributed by atoms with E-state index in [1.54, 1.807) is 13.3 Å². The van der Waals surface area contributed by atoms with Crippen molar-refractivity contribution >= 4 is 23.2 Å². The molecule has 1 fully saturated rings. The Morgan fingerprint density at radius 2 is 1.65 bits per heavy atom. The molecular formula is C24H28N4O3. The van der Waals surface area contributed by atoms with Crippen LogP contribution in [0.2, 0.25) is 0 Å². The smallest absolute Gasteiger partial charge is 0.277 e. The van der Waals surface area contributed by atoms with Gasteiger partial charge in [-0.1, -0.05) is 37.6 Å². The SMILES string of the molecule is CCCCN1C(=O)C(c2ccccc2OC)=C(N2CCN(c3ccccn3)CC2)C1=O. The molecule has 4 rings (SSSR count). The van der Waals surface area contributed by atoms with Gasteiger partial charge in [0, 0.05) is 44.5 Å². The average Bonchev–Trinajstić information content (AvgIpc) is 3.07. The third kappa shape index (κ3) is 4.00. The van der Waals surface area contributed by atoms with Crippen molar-refractivity contribution in [3.05, 3.63) is 59.9 Å². The van der Waals surface area contributed by atoms with Crippen LogP contribution in [0.5, 0.6) is 5.75 Å². The van der Waals surface area contributed by atoms with Gasteiger partial charge in [-0.15, -0.1) is 0 Å². The lowest BCUT2D eigenvalue weighted by atomic mass is 10.0. The molecule has 7 nitrogen and oxygen atoms in total. The minimum atomic E-state index is -0.231. The van der Waals surface area contributed by atoms with Crippen molar-refractivity contribution in [1.82, 2.24) is 14.8 Å². The molecule has 0 aliphatic carbocycles. The van der Waals surface area contributed by atoms with Crippen molar-refractivity contribution in [2.75, 3.05) is 44.7 Å². The Labute approximate surface area is 182 Å². The molecule has 3 heterocycles. The molecule has 0 bridgehead atoms. The predicted molar refractivity (Wildman–Crippen MR) is 120 cm³/mol. The topological polar surface area (TPSA) is 66.0 Å². The summed E-state index contributed by atoms with van der Waals surface area (Å²) in [6.07, 6.45) is 3.49. The second kappa shape index (κ2) is 9.20. The fraction of sp³-hybridized carbons (Fsp3) is 0.375. The molecule has 0 spiro atoms. The Morgan fingerprint density at radius 3 is 2.32 bits per heavy atom. The van der Waals surface area contributed by atoms with Crippen molar-refractivity contribution in [1.29, 1.82) is 0 Å². The van der Waals surface area contributed by atoms with Crippen LogP contribution in [0.4, 0.5) is 5.82 Å². The molecule has 0 atom stereocenters. The van der Waals surface area contributed by atoms with E-state index in [4.69, 9.17) is 4.74 Å². The van der Waals surface area contributed by atoms with Gasteiger partial charge in [-0.05, 0) is 24.6 Å². The normalized spacial score (nSPS) is 17.0. The molecule has 2 aliphatic heterocycles. The molecule has 0 unspecified atom stereocenters. The Kier molecular flexibility index (Phi) is 6.21. The number of para-hydroxylation sites is 1. The zero-order valence-electron chi connectivity index (χ0n) is 18.1. The summed E-state index contributed by atoms with van der Waals surface area (Å²) < 4.78 is 5.52. The van der Waals surface area contributed by atoms with E-state index in [2.05, 4.69) is 16.8 Å². The van der Waals surface area contributed by atoms with Crippen LogP contribution in [-0.4, -0.2) is 66.4 Å². The number of hydrogen-bond acceptors (Lipinski definition) is 6. The van der Waals surface area contributed by atoms with Crippen LogP contribution in [-0.2, 0) is 9.59 Å². The van der Waals surface area contributed by atoms with Gasteiger partial charge < -0.3 is 14.5 Å². The molecule has 1 aromatic heterocycles. The Morgan fingerprint density at radius 1 is 0.935 bits per heavy atom. The number of methoxy groups -OCH3 is 1. The number of ether oxygens (including phenoxy) is 1. The minimum Gasteiger partial charge on any atom is -0.496 e. The lowest BCUT2D eigenvalue weighted by molar-refractivity contribution is -0.137. The number of benzene rings is 1. The highest BCUT2D eigenvalue weighted by Crippen LogP contribution is 2.36. The van der Waals surface area contributed by atoms with E-state index >= 15 is 0 Å². The lowest BCUT2D eigenvalue weighted by Crippen LogP contribution is -2.48. The number of carbonyl (C=O) groups excluding carboxylic acids is 2. The summed E-state index contributed by atoms with van der Waals surface area (Å²) in [5, 5.41) is 0. The van der Waals surface area contributed by atoms with Crippen LogP contribution in [0.3, 0.4) is 0 Å². The quantitative estimate of drug-likeness (QED) is 0.642. The van der Waals surface area contributed by atoms with Crippen LogP contribution in [0.1, 0.15) is 25.3 Å². The Bertz CT molecular complexity index is 981. The molecule has 31 heavy (non-hydrogen) atoms. The van der Waals surface area contributed by atoms with Gasteiger partial charge in [-0.2, -0.15) is 0 Å². The van der Waals surface area contributed by atoms with E-state index in [0.29, 0.717) is 42.2 Å². The Balaban J connectivity index is 1.67. The summed E-state index contributed by atoms with van der Waals surface area (Å²) in [4.78, 5) is 36.8. The number of nitrogens with zero attached hydrogens (tertiary/aromatic N) is 4. The minimum absolute atomic E-state index is 0.203. The maximum Gasteiger partial charge on any atom is 0.277 e. The van der Waals surface area contributed by atoms with Crippen LogP contribution in [0.25, 0.3) is 5.57 Å². The highest BCUT2D eigenvalue weighted by atomic mass is 16.5. The number of unbranched alkanes of at least 4 members (excludes halogenated alkanes) is 1. The van der Waals surface area contributed by atoms with Crippen LogP contribution in [0, 0.1) is 0 Å². The lowest BCUT2D eigenvalue weighted by Gasteiger charge is -2.37. The van der Waals surface area contributed by atoms with Crippen molar-refractivity contribution < 1.29 is 14.3 Å². The summed E-state index contributed by atoms with van der Waals surface area (Å²) >= 11 is 0. The van der Waals surface area contributed by atoms with Crippen LogP contribution < -0.4 is 9.64 Å². The van der Waals surface area contributed by atoms with Crippen molar-refractivity contribution in [3.8, 4) is 5.75 Å². The van der Waals surface area contributed by atoms with E-state index in [1.807, 2.05) is 47.4 Å². The zero-order valence-corrected chi connectivity index (χ0v) is 18.1. The average molecular weight is 421 g/mol. The first-order chi connectivity index (χ1) is 15.2. The molecule has 2 amide bonds. The van der Waals surface area contributed by atoms with Gasteiger partial charge in [0.25, 0.3) is 11.8 Å². The molecule has 0 N–H and O–H groups in total. The molecule has 7 heteroatoms. The van der Waals surface area contributed by atoms with Gasteiger partial charge in [0.2, 0.25) is 0 Å². The number of piperazine rings is 1. The summed E-state index contributed by atoms with van der Waals surface area (Å²) in [7, 11) is 1.58. The third-order valence-corrected chi connectivity index (χ3v) is 5.82. The molecule has 1 saturated heterocycles. The van der Waals surface area contributed by atoms with E-state index in [-0.39, 0.29) is 11.8 Å². The van der Waals surface area contributed by atoms with Crippen LogP contribution in [0.15, 0.2) is 54.4 Å². The predicted octanol–water partition coefficient (Wildman–Crippen LogP) is 2.79. The largest absolute Gasteiger partial charge is 0.496 e. The first kappa shape index (κ1) is 20.9. The zero-order chi connectivity index (χ0) is 21.8. The molecule has 162 valence electrons. The maximum absolute atomic E-state index is 13.4. The van der Waals surface area contributed by atoms with Crippen molar-refractivity contribution in [2.24, 2.45) is 0 Å². The highest BCUT2D eigenvalue weighted by molar-refractivity contribution is 6.36. The Hall–Kier alpha value is -3.35. The fourth-order valence-corrected chi connectivity index (χ4v) is 4.17. The highest BCUT2D eigenvalue weighted by Gasteiger charge is 2.42. The van der Waals surface area contributed by atoms with Crippen molar-refractivity contribution in [3.63, 3.8) is 0 Å². The summed E-state index contributed by atoms with van der Waals surface area (Å²) in [5.41, 5.74) is 1.61. The van der Waals surface area contributed by atoms with E-state index in [1.165, 1.54) is 4.90 Å². The van der Waals surface area contributed by atoms with Gasteiger partial charge in [0.15, 0.2) is 0 Å². The number of hydrogen-bond donors (Lipinski definition) is 0. The third-order valence-electron chi connectivity index (χ3n) is 5.82. The summed E-state index contributed by atoms with van der Waals surface area (Å²) in [6, 6.07) is 13.3. The monoisotopic (exact) mass is 420 g/mol. The molecule has 1 aromatic carbocycles. The van der Waals surface area contributed by atoms with Gasteiger partial charge in [0.1, 0.15) is 17.3 Å². The van der Waals surface area contributed by atoms with Crippen LogP contribution >= 0.6 is 0 Å². The summed E-state index contributed by atoms with van der Waals surface area (Å²) in [5.74, 6) is 1.09. The van der Waals surface area contributed by atoms with Crippen molar-refractivity contribution in [2.45, 2.75) is 19.8 Å². The molecule has 0 radical (unpaired) electrons. The maximum atomic E-state index is 13.4. The fourth-order valence-electron chi connectivity index (χ4n) is 4.17. The number of anilines is 1. The number of carbonyl (C=O) groups is 2. The number of amides is 2. The first-order valence-corrected chi connectivity index (χ1v) is 10.8. The standard InChI is InChI=1S/C24H28N4O3/c1-3-4-13-28-23(29)21(18-9-5-6-10-19(18)31-2)22(24(28)30)27-16-14-26(15-17-27)20-11-7-8-12-25-20/h5-12H,3-4,13-17H2,1-2H3. The van der Waals surface area contributed by atoms with E-state index in [9.17, 15) is 9.59 Å². The molecule has 0 saturated carbocycles. The van der Waals surface area contributed by atoms with Gasteiger partial charge >= 0.3 is 0 Å². The second-order valence-corrected chi connectivity index (χ2v) is 7.70. The molecular weight excluding hydrogens is 392 g/mol. The van der Waals surface area contributed by atoms with E-state index in [0.717, 1.165) is 31.7 Å². The number of pyridine rings is 1. The number of aromatic nitrogens is 1. The van der Waals surface area contributed by atoms with Gasteiger partial charge in [-0.3, -0.25) is 14.5 Å². The van der Waals surface area contributed by atoms with Gasteiger partial charge in [0.05, 0.1) is 12.7 Å². The second-order valence-electron chi connectivity index (χ2n) is 7.70. The first-order valence-electron chi connectivity index (χ1n) is 10.8. The number of rotatable bonds is 7. The van der Waals surface area contributed by atoms with E-state index < -0.39 is 0 Å². The molecule has 2 aromatic rings. The number of imide groups is 1. The summed E-state index contributed by atoms with van der Waals surface area (Å²) in [6.45, 7) is 5.24. The molecule has 2 aliphatic rings.